The Hall–Kier alpha value is -2.69. The quantitative estimate of drug-likeness (QED) is 0.825. The van der Waals surface area contributed by atoms with Crippen molar-refractivity contribution in [3.8, 4) is 12.3 Å². The third-order valence-electron chi connectivity index (χ3n) is 3.55. The first-order valence-corrected chi connectivity index (χ1v) is 6.59. The fourth-order valence-corrected chi connectivity index (χ4v) is 2.17. The SMILES string of the molecule is C#CCNC(=O)c1ccc(F)c([C@@]2(C)N=C(N)OCC2(F)F)c1. The molecule has 122 valence electrons. The maximum atomic E-state index is 14.2. The van der Waals surface area contributed by atoms with Crippen LogP contribution in [0, 0.1) is 18.2 Å². The standard InChI is InChI=1S/C15H14F3N3O2/c1-3-6-20-12(22)9-4-5-11(16)10(7-9)14(2)15(17,18)8-23-13(19)21-14/h1,4-5,7H,6,8H2,2H3,(H2,19,21)(H,20,22)/t14-/m1/s1. The van der Waals surface area contributed by atoms with E-state index >= 15 is 0 Å². The number of alkyl halides is 2. The molecule has 1 aromatic rings. The third kappa shape index (κ3) is 2.95. The minimum absolute atomic E-state index is 0.0195. The number of halogens is 3. The first-order valence-electron chi connectivity index (χ1n) is 6.59. The lowest BCUT2D eigenvalue weighted by molar-refractivity contribution is -0.117. The number of rotatable bonds is 3. The molecule has 1 aromatic carbocycles. The van der Waals surface area contributed by atoms with Crippen molar-refractivity contribution in [2.75, 3.05) is 13.2 Å². The number of hydrogen-bond acceptors (Lipinski definition) is 4. The highest BCUT2D eigenvalue weighted by atomic mass is 19.3. The number of ether oxygens (including phenoxy) is 1. The lowest BCUT2D eigenvalue weighted by Gasteiger charge is -2.37. The summed E-state index contributed by atoms with van der Waals surface area (Å²) in [5.41, 5.74) is 2.59. The van der Waals surface area contributed by atoms with Gasteiger partial charge in [-0.3, -0.25) is 4.79 Å². The third-order valence-corrected chi connectivity index (χ3v) is 3.55. The van der Waals surface area contributed by atoms with E-state index in [4.69, 9.17) is 12.2 Å². The summed E-state index contributed by atoms with van der Waals surface area (Å²) in [6.45, 7) is -0.0480. The number of benzene rings is 1. The summed E-state index contributed by atoms with van der Waals surface area (Å²) >= 11 is 0. The van der Waals surface area contributed by atoms with Gasteiger partial charge in [-0.15, -0.1) is 6.42 Å². The van der Waals surface area contributed by atoms with Crippen molar-refractivity contribution in [2.45, 2.75) is 18.4 Å². The molecule has 0 aromatic heterocycles. The minimum atomic E-state index is -3.51. The summed E-state index contributed by atoms with van der Waals surface area (Å²) in [6, 6.07) is 2.62. The van der Waals surface area contributed by atoms with Gasteiger partial charge in [0.15, 0.2) is 12.1 Å². The molecule has 5 nitrogen and oxygen atoms in total. The van der Waals surface area contributed by atoms with E-state index in [1.165, 1.54) is 6.07 Å². The molecule has 0 unspecified atom stereocenters. The number of amidine groups is 1. The predicted molar refractivity (Wildman–Crippen MR) is 77.4 cm³/mol. The molecule has 0 fully saturated rings. The maximum Gasteiger partial charge on any atom is 0.310 e. The Labute approximate surface area is 130 Å². The summed E-state index contributed by atoms with van der Waals surface area (Å²) in [5, 5.41) is 2.37. The highest BCUT2D eigenvalue weighted by Crippen LogP contribution is 2.44. The summed E-state index contributed by atoms with van der Waals surface area (Å²) in [4.78, 5) is 15.5. The summed E-state index contributed by atoms with van der Waals surface area (Å²) in [5.74, 6) is -2.85. The van der Waals surface area contributed by atoms with E-state index in [-0.39, 0.29) is 12.1 Å². The predicted octanol–water partition coefficient (Wildman–Crippen LogP) is 1.38. The van der Waals surface area contributed by atoms with Crippen LogP contribution in [0.25, 0.3) is 0 Å². The van der Waals surface area contributed by atoms with Crippen molar-refractivity contribution >= 4 is 11.9 Å². The first-order chi connectivity index (χ1) is 10.7. The molecule has 0 radical (unpaired) electrons. The van der Waals surface area contributed by atoms with Crippen molar-refractivity contribution in [2.24, 2.45) is 10.7 Å². The molecule has 1 aliphatic heterocycles. The van der Waals surface area contributed by atoms with Crippen LogP contribution in [-0.4, -0.2) is 31.0 Å². The number of nitrogens with one attached hydrogen (secondary N) is 1. The highest BCUT2D eigenvalue weighted by molar-refractivity contribution is 5.94. The second-order valence-corrected chi connectivity index (χ2v) is 5.10. The fourth-order valence-electron chi connectivity index (χ4n) is 2.17. The Morgan fingerprint density at radius 1 is 1.57 bits per heavy atom. The lowest BCUT2D eigenvalue weighted by Crippen LogP contribution is -2.51. The van der Waals surface area contributed by atoms with Crippen LogP contribution in [0.3, 0.4) is 0 Å². The second-order valence-electron chi connectivity index (χ2n) is 5.10. The zero-order valence-corrected chi connectivity index (χ0v) is 12.2. The van der Waals surface area contributed by atoms with Gasteiger partial charge in [-0.05, 0) is 25.1 Å². The smallest absolute Gasteiger partial charge is 0.310 e. The van der Waals surface area contributed by atoms with E-state index in [9.17, 15) is 18.0 Å². The largest absolute Gasteiger partial charge is 0.459 e. The lowest BCUT2D eigenvalue weighted by atomic mass is 9.84. The topological polar surface area (TPSA) is 76.7 Å². The normalized spacial score (nSPS) is 22.5. The van der Waals surface area contributed by atoms with E-state index in [2.05, 4.69) is 21.0 Å². The van der Waals surface area contributed by atoms with E-state index in [1.807, 2.05) is 0 Å². The van der Waals surface area contributed by atoms with Crippen molar-refractivity contribution in [3.63, 3.8) is 0 Å². The maximum absolute atomic E-state index is 14.2. The molecule has 0 saturated carbocycles. The summed E-state index contributed by atoms with van der Waals surface area (Å²) in [7, 11) is 0. The molecule has 1 amide bonds. The molecule has 1 heterocycles. The number of amides is 1. The van der Waals surface area contributed by atoms with Crippen LogP contribution >= 0.6 is 0 Å². The number of nitrogens with two attached hydrogens (primary N) is 1. The fraction of sp³-hybridized carbons (Fsp3) is 0.333. The van der Waals surface area contributed by atoms with Crippen LogP contribution < -0.4 is 11.1 Å². The molecule has 3 N–H and O–H groups in total. The van der Waals surface area contributed by atoms with Crippen LogP contribution in [-0.2, 0) is 10.3 Å². The first kappa shape index (κ1) is 16.7. The van der Waals surface area contributed by atoms with Gasteiger partial charge in [0.1, 0.15) is 5.82 Å². The Morgan fingerprint density at radius 3 is 2.91 bits per heavy atom. The molecule has 1 aliphatic rings. The molecule has 0 spiro atoms. The number of nitrogens with zero attached hydrogens (tertiary/aromatic N) is 1. The monoisotopic (exact) mass is 325 g/mol. The van der Waals surface area contributed by atoms with E-state index in [0.29, 0.717) is 0 Å². The van der Waals surface area contributed by atoms with Gasteiger partial charge in [-0.1, -0.05) is 5.92 Å². The summed E-state index contributed by atoms with van der Waals surface area (Å²) in [6.07, 6.45) is 5.03. The van der Waals surface area contributed by atoms with Crippen molar-refractivity contribution in [3.05, 3.63) is 35.1 Å². The number of terminal acetylenes is 1. The van der Waals surface area contributed by atoms with Gasteiger partial charge in [-0.25, -0.2) is 9.38 Å². The molecular formula is C15H14F3N3O2. The molecular weight excluding hydrogens is 311 g/mol. The number of hydrogen-bond donors (Lipinski definition) is 2. The molecule has 8 heteroatoms. The molecule has 23 heavy (non-hydrogen) atoms. The van der Waals surface area contributed by atoms with E-state index < -0.39 is 41.4 Å². The van der Waals surface area contributed by atoms with Gasteiger partial charge in [0.2, 0.25) is 0 Å². The van der Waals surface area contributed by atoms with Crippen LogP contribution in [0.2, 0.25) is 0 Å². The Balaban J connectivity index is 2.52. The zero-order valence-electron chi connectivity index (χ0n) is 12.2. The van der Waals surface area contributed by atoms with Crippen LogP contribution in [0.4, 0.5) is 13.2 Å². The Kier molecular flexibility index (Phi) is 4.23. The van der Waals surface area contributed by atoms with Gasteiger partial charge in [0.25, 0.3) is 11.9 Å². The summed E-state index contributed by atoms with van der Waals surface area (Å²) < 4.78 is 47.2. The molecule has 0 aliphatic carbocycles. The van der Waals surface area contributed by atoms with E-state index in [0.717, 1.165) is 19.1 Å². The molecule has 1 atom stereocenters. The van der Waals surface area contributed by atoms with Crippen LogP contribution in [0.5, 0.6) is 0 Å². The van der Waals surface area contributed by atoms with E-state index in [1.54, 1.807) is 0 Å². The molecule has 2 rings (SSSR count). The van der Waals surface area contributed by atoms with Crippen LogP contribution in [0.15, 0.2) is 23.2 Å². The van der Waals surface area contributed by atoms with Crippen molar-refractivity contribution < 1.29 is 22.7 Å². The highest BCUT2D eigenvalue weighted by Gasteiger charge is 2.56. The number of aliphatic imine (C=N–C) groups is 1. The Bertz CT molecular complexity index is 712. The Morgan fingerprint density at radius 2 is 2.26 bits per heavy atom. The number of carbonyl (C=O) groups excluding carboxylic acids is 1. The minimum Gasteiger partial charge on any atom is -0.459 e. The average molecular weight is 325 g/mol. The van der Waals surface area contributed by atoms with Gasteiger partial charge >= 0.3 is 5.92 Å². The van der Waals surface area contributed by atoms with Crippen LogP contribution in [0.1, 0.15) is 22.8 Å². The van der Waals surface area contributed by atoms with Crippen molar-refractivity contribution in [1.82, 2.24) is 5.32 Å². The average Bonchev–Trinajstić information content (AvgIpc) is 2.49. The van der Waals surface area contributed by atoms with Gasteiger partial charge in [-0.2, -0.15) is 8.78 Å². The number of carbonyl (C=O) groups is 1. The molecule has 0 bridgehead atoms. The second kappa shape index (κ2) is 5.83. The van der Waals surface area contributed by atoms with Gasteiger partial charge < -0.3 is 15.8 Å². The zero-order chi connectivity index (χ0) is 17.3. The van der Waals surface area contributed by atoms with Gasteiger partial charge in [0, 0.05) is 11.1 Å². The van der Waals surface area contributed by atoms with Gasteiger partial charge in [0.05, 0.1) is 6.54 Å². The molecule has 0 saturated heterocycles. The van der Waals surface area contributed by atoms with Crippen molar-refractivity contribution in [1.29, 1.82) is 0 Å².